The number of anilines is 2. The summed E-state index contributed by atoms with van der Waals surface area (Å²) >= 11 is 0. The summed E-state index contributed by atoms with van der Waals surface area (Å²) in [5, 5.41) is 2.06. The Morgan fingerprint density at radius 3 is 2.89 bits per heavy atom. The van der Waals surface area contributed by atoms with Crippen molar-refractivity contribution < 1.29 is 9.59 Å². The second-order valence-electron chi connectivity index (χ2n) is 4.28. The molecule has 6 nitrogen and oxygen atoms in total. The van der Waals surface area contributed by atoms with Gasteiger partial charge in [0, 0.05) is 17.9 Å². The van der Waals surface area contributed by atoms with Crippen LogP contribution < -0.4 is 21.7 Å². The van der Waals surface area contributed by atoms with E-state index in [0.29, 0.717) is 0 Å². The lowest BCUT2D eigenvalue weighted by Crippen LogP contribution is -2.43. The van der Waals surface area contributed by atoms with Gasteiger partial charge < -0.3 is 16.4 Å². The zero-order valence-electron chi connectivity index (χ0n) is 9.98. The third kappa shape index (κ3) is 2.53. The van der Waals surface area contributed by atoms with Gasteiger partial charge in [0.25, 0.3) is 0 Å². The smallest absolute Gasteiger partial charge is 0.318 e. The van der Waals surface area contributed by atoms with Crippen molar-refractivity contribution in [3.63, 3.8) is 0 Å². The number of primary amides is 1. The van der Waals surface area contributed by atoms with Gasteiger partial charge >= 0.3 is 6.03 Å². The van der Waals surface area contributed by atoms with Crippen LogP contribution in [-0.4, -0.2) is 25.0 Å². The van der Waals surface area contributed by atoms with E-state index in [-0.39, 0.29) is 6.54 Å². The van der Waals surface area contributed by atoms with Crippen LogP contribution in [0.3, 0.4) is 0 Å². The fraction of sp³-hybridized carbons (Fsp3) is 0.333. The van der Waals surface area contributed by atoms with Crippen LogP contribution in [0.2, 0.25) is 0 Å². The summed E-state index contributed by atoms with van der Waals surface area (Å²) in [6.45, 7) is 0.877. The molecule has 0 spiro atoms. The Labute approximate surface area is 105 Å². The van der Waals surface area contributed by atoms with Crippen molar-refractivity contribution in [1.29, 1.82) is 0 Å². The molecule has 0 bridgehead atoms. The van der Waals surface area contributed by atoms with Gasteiger partial charge in [-0.25, -0.2) is 4.79 Å². The highest BCUT2D eigenvalue weighted by molar-refractivity contribution is 5.96. The number of amides is 3. The Balaban J connectivity index is 2.15. The van der Waals surface area contributed by atoms with Crippen molar-refractivity contribution >= 4 is 23.3 Å². The molecule has 18 heavy (non-hydrogen) atoms. The first kappa shape index (κ1) is 12.2. The number of benzene rings is 1. The minimum absolute atomic E-state index is 0.111. The number of imide groups is 1. The average Bonchev–Trinajstić information content (AvgIpc) is 2.29. The minimum atomic E-state index is -0.829. The van der Waals surface area contributed by atoms with E-state index in [0.717, 1.165) is 36.3 Å². The fourth-order valence-electron chi connectivity index (χ4n) is 2.24. The normalized spacial score (nSPS) is 13.9. The molecule has 0 saturated heterocycles. The van der Waals surface area contributed by atoms with E-state index in [9.17, 15) is 9.59 Å². The maximum absolute atomic E-state index is 11.5. The number of rotatable bonds is 2. The van der Waals surface area contributed by atoms with E-state index in [1.165, 1.54) is 0 Å². The highest BCUT2D eigenvalue weighted by Crippen LogP contribution is 2.30. The van der Waals surface area contributed by atoms with Crippen molar-refractivity contribution in [2.75, 3.05) is 23.7 Å². The maximum atomic E-state index is 11.5. The number of carbonyl (C=O) groups excluding carboxylic acids is 2. The number of nitrogens with two attached hydrogens (primary N) is 2. The summed E-state index contributed by atoms with van der Waals surface area (Å²) in [6.07, 6.45) is 1.85. The number of nitrogens with one attached hydrogen (secondary N) is 1. The Morgan fingerprint density at radius 2 is 2.17 bits per heavy atom. The molecule has 0 atom stereocenters. The molecule has 0 saturated carbocycles. The molecular weight excluding hydrogens is 232 g/mol. The van der Waals surface area contributed by atoms with E-state index < -0.39 is 11.9 Å². The van der Waals surface area contributed by atoms with Crippen LogP contribution in [0.5, 0.6) is 0 Å². The Hall–Kier alpha value is -2.24. The molecule has 1 aromatic rings. The van der Waals surface area contributed by atoms with Crippen molar-refractivity contribution in [3.8, 4) is 0 Å². The fourth-order valence-corrected chi connectivity index (χ4v) is 2.24. The van der Waals surface area contributed by atoms with E-state index in [4.69, 9.17) is 11.5 Å². The van der Waals surface area contributed by atoms with Crippen molar-refractivity contribution in [3.05, 3.63) is 23.8 Å². The number of nitrogen functional groups attached to an aromatic ring is 1. The molecule has 5 N–H and O–H groups in total. The highest BCUT2D eigenvalue weighted by atomic mass is 16.2. The first-order valence-electron chi connectivity index (χ1n) is 5.79. The zero-order valence-corrected chi connectivity index (χ0v) is 9.98. The lowest BCUT2D eigenvalue weighted by atomic mass is 10.00. The molecule has 1 aliphatic rings. The standard InChI is InChI=1S/C12H16N4O2/c13-9-4-1-5-10-8(9)3-2-6-16(10)7-11(17)15-12(14)18/h1,4-5H,2-3,6-7,13H2,(H3,14,15,17,18). The molecule has 1 aliphatic heterocycles. The number of urea groups is 1. The molecule has 0 radical (unpaired) electrons. The molecular formula is C12H16N4O2. The molecule has 6 heteroatoms. The van der Waals surface area contributed by atoms with Crippen molar-refractivity contribution in [2.45, 2.75) is 12.8 Å². The summed E-state index contributed by atoms with van der Waals surface area (Å²) in [5.74, 6) is -0.405. The second kappa shape index (κ2) is 4.95. The van der Waals surface area contributed by atoms with Gasteiger partial charge in [0.1, 0.15) is 0 Å². The van der Waals surface area contributed by atoms with Gasteiger partial charge in [-0.3, -0.25) is 10.1 Å². The predicted molar refractivity (Wildman–Crippen MR) is 69.1 cm³/mol. The maximum Gasteiger partial charge on any atom is 0.318 e. The molecule has 96 valence electrons. The number of hydrogen-bond donors (Lipinski definition) is 3. The number of carbonyl (C=O) groups is 2. The van der Waals surface area contributed by atoms with Gasteiger partial charge in [0.15, 0.2) is 0 Å². The molecule has 1 aromatic carbocycles. The highest BCUT2D eigenvalue weighted by Gasteiger charge is 2.20. The van der Waals surface area contributed by atoms with E-state index in [1.807, 2.05) is 23.1 Å². The summed E-state index contributed by atoms with van der Waals surface area (Å²) < 4.78 is 0. The molecule has 0 aliphatic carbocycles. The summed E-state index contributed by atoms with van der Waals surface area (Å²) in [7, 11) is 0. The zero-order chi connectivity index (χ0) is 13.1. The van der Waals surface area contributed by atoms with Gasteiger partial charge in [-0.15, -0.1) is 0 Å². The van der Waals surface area contributed by atoms with Crippen LogP contribution in [0.25, 0.3) is 0 Å². The summed E-state index contributed by atoms with van der Waals surface area (Å²) in [5.41, 5.74) is 13.6. The first-order valence-corrected chi connectivity index (χ1v) is 5.79. The van der Waals surface area contributed by atoms with Crippen LogP contribution in [0, 0.1) is 0 Å². The molecule has 2 rings (SSSR count). The summed E-state index contributed by atoms with van der Waals surface area (Å²) in [6, 6.07) is 4.82. The quantitative estimate of drug-likeness (QED) is 0.651. The number of fused-ring (bicyclic) bond motifs is 1. The van der Waals surface area contributed by atoms with Gasteiger partial charge in [-0.05, 0) is 30.5 Å². The van der Waals surface area contributed by atoms with Crippen LogP contribution in [0.4, 0.5) is 16.2 Å². The first-order chi connectivity index (χ1) is 8.58. The van der Waals surface area contributed by atoms with Crippen molar-refractivity contribution in [2.24, 2.45) is 5.73 Å². The SMILES string of the molecule is NC(=O)NC(=O)CN1CCCc2c(N)cccc21. The van der Waals surface area contributed by atoms with Gasteiger partial charge in [0.2, 0.25) is 5.91 Å². The summed E-state index contributed by atoms with van der Waals surface area (Å²) in [4.78, 5) is 24.0. The minimum Gasteiger partial charge on any atom is -0.398 e. The van der Waals surface area contributed by atoms with Gasteiger partial charge in [-0.1, -0.05) is 6.07 Å². The molecule has 0 unspecified atom stereocenters. The van der Waals surface area contributed by atoms with Gasteiger partial charge in [-0.2, -0.15) is 0 Å². The van der Waals surface area contributed by atoms with Gasteiger partial charge in [0.05, 0.1) is 6.54 Å². The number of hydrogen-bond acceptors (Lipinski definition) is 4. The van der Waals surface area contributed by atoms with E-state index in [1.54, 1.807) is 0 Å². The molecule has 0 fully saturated rings. The lowest BCUT2D eigenvalue weighted by molar-refractivity contribution is -0.118. The molecule has 0 aromatic heterocycles. The van der Waals surface area contributed by atoms with Crippen molar-refractivity contribution in [1.82, 2.24) is 5.32 Å². The predicted octanol–water partition coefficient (Wildman–Crippen LogP) is 0.216. The molecule has 3 amide bonds. The third-order valence-corrected chi connectivity index (χ3v) is 2.98. The average molecular weight is 248 g/mol. The van der Waals surface area contributed by atoms with Crippen LogP contribution in [0.1, 0.15) is 12.0 Å². The van der Waals surface area contributed by atoms with Crippen LogP contribution in [-0.2, 0) is 11.2 Å². The Kier molecular flexibility index (Phi) is 3.36. The van der Waals surface area contributed by atoms with Crippen LogP contribution in [0.15, 0.2) is 18.2 Å². The second-order valence-corrected chi connectivity index (χ2v) is 4.28. The monoisotopic (exact) mass is 248 g/mol. The molecule has 1 heterocycles. The third-order valence-electron chi connectivity index (χ3n) is 2.98. The van der Waals surface area contributed by atoms with E-state index >= 15 is 0 Å². The number of nitrogens with zero attached hydrogens (tertiary/aromatic N) is 1. The lowest BCUT2D eigenvalue weighted by Gasteiger charge is -2.31. The Morgan fingerprint density at radius 1 is 1.39 bits per heavy atom. The Bertz CT molecular complexity index is 487. The van der Waals surface area contributed by atoms with E-state index in [2.05, 4.69) is 5.32 Å². The topological polar surface area (TPSA) is 101 Å². The van der Waals surface area contributed by atoms with Crippen LogP contribution >= 0.6 is 0 Å². The largest absolute Gasteiger partial charge is 0.398 e.